The van der Waals surface area contributed by atoms with E-state index < -0.39 is 16.0 Å². The molecule has 2 aromatic rings. The number of rotatable bonds is 4. The van der Waals surface area contributed by atoms with E-state index in [4.69, 9.17) is 28.3 Å². The van der Waals surface area contributed by atoms with Crippen LogP contribution < -0.4 is 4.31 Å². The Kier molecular flexibility index (Phi) is 4.65. The average Bonchev–Trinajstić information content (AvgIpc) is 2.47. The first-order valence-electron chi connectivity index (χ1n) is 6.01. The fourth-order valence-electron chi connectivity index (χ4n) is 1.82. The molecule has 1 N–H and O–H groups in total. The van der Waals surface area contributed by atoms with Crippen LogP contribution in [0.3, 0.4) is 0 Å². The normalized spacial score (nSPS) is 11.2. The summed E-state index contributed by atoms with van der Waals surface area (Å²) in [6.07, 6.45) is 0. The zero-order valence-electron chi connectivity index (χ0n) is 11.3. The number of anilines is 1. The summed E-state index contributed by atoms with van der Waals surface area (Å²) in [6.45, 7) is 0. The first kappa shape index (κ1) is 16.6. The predicted octanol–water partition coefficient (Wildman–Crippen LogP) is 3.52. The minimum atomic E-state index is -3.96. The number of aromatic carboxylic acids is 1. The van der Waals surface area contributed by atoms with Gasteiger partial charge in [-0.15, -0.1) is 0 Å². The van der Waals surface area contributed by atoms with E-state index in [1.165, 1.54) is 19.2 Å². The molecule has 2 rings (SSSR count). The largest absolute Gasteiger partial charge is 0.478 e. The highest BCUT2D eigenvalue weighted by atomic mass is 35.5. The molecular formula is C14H11Cl2NO4S. The summed E-state index contributed by atoms with van der Waals surface area (Å²) in [7, 11) is -2.62. The highest BCUT2D eigenvalue weighted by Crippen LogP contribution is 2.30. The van der Waals surface area contributed by atoms with Crippen molar-refractivity contribution in [2.45, 2.75) is 4.90 Å². The van der Waals surface area contributed by atoms with Crippen LogP contribution in [0.25, 0.3) is 0 Å². The quantitative estimate of drug-likeness (QED) is 0.905. The Labute approximate surface area is 137 Å². The summed E-state index contributed by atoms with van der Waals surface area (Å²) in [6, 6.07) is 9.94. The Morgan fingerprint density at radius 1 is 1.09 bits per heavy atom. The van der Waals surface area contributed by atoms with E-state index in [2.05, 4.69) is 0 Å². The highest BCUT2D eigenvalue weighted by Gasteiger charge is 2.24. The van der Waals surface area contributed by atoms with Crippen LogP contribution in [0.1, 0.15) is 10.4 Å². The van der Waals surface area contributed by atoms with Crippen LogP contribution in [0, 0.1) is 0 Å². The zero-order valence-corrected chi connectivity index (χ0v) is 13.7. The molecule has 5 nitrogen and oxygen atoms in total. The molecule has 0 aliphatic rings. The van der Waals surface area contributed by atoms with Crippen LogP contribution in [-0.2, 0) is 10.0 Å². The number of carboxylic acids is 1. The first-order chi connectivity index (χ1) is 10.2. The van der Waals surface area contributed by atoms with E-state index >= 15 is 0 Å². The van der Waals surface area contributed by atoms with Crippen LogP contribution in [0.15, 0.2) is 47.4 Å². The van der Waals surface area contributed by atoms with E-state index in [0.717, 1.165) is 10.4 Å². The molecule has 0 aliphatic heterocycles. The number of benzene rings is 2. The molecule has 2 aromatic carbocycles. The Morgan fingerprint density at radius 2 is 1.73 bits per heavy atom. The number of hydrogen-bond acceptors (Lipinski definition) is 3. The average molecular weight is 360 g/mol. The molecule has 0 aliphatic carbocycles. The van der Waals surface area contributed by atoms with E-state index in [-0.39, 0.29) is 26.2 Å². The van der Waals surface area contributed by atoms with Gasteiger partial charge in [-0.1, -0.05) is 35.3 Å². The maximum atomic E-state index is 12.6. The van der Waals surface area contributed by atoms with E-state index in [1.54, 1.807) is 24.3 Å². The molecule has 0 saturated heterocycles. The van der Waals surface area contributed by atoms with Gasteiger partial charge < -0.3 is 5.11 Å². The Morgan fingerprint density at radius 3 is 2.32 bits per heavy atom. The summed E-state index contributed by atoms with van der Waals surface area (Å²) in [5.74, 6) is -1.30. The maximum absolute atomic E-state index is 12.6. The topological polar surface area (TPSA) is 74.7 Å². The number of halogens is 2. The lowest BCUT2D eigenvalue weighted by Gasteiger charge is -2.20. The molecular weight excluding hydrogens is 349 g/mol. The van der Waals surface area contributed by atoms with E-state index in [0.29, 0.717) is 0 Å². The number of para-hydroxylation sites is 1. The Bertz CT molecular complexity index is 836. The molecule has 0 atom stereocenters. The second-order valence-electron chi connectivity index (χ2n) is 4.37. The third-order valence-electron chi connectivity index (χ3n) is 3.02. The SMILES string of the molecule is CN(c1ccccc1Cl)S(=O)(=O)c1ccc(Cl)c(C(=O)O)c1. The number of nitrogens with zero attached hydrogens (tertiary/aromatic N) is 1. The standard InChI is InChI=1S/C14H11Cl2NO4S/c1-17(13-5-3-2-4-12(13)16)22(20,21)9-6-7-11(15)10(8-9)14(18)19/h2-8H,1H3,(H,18,19). The molecule has 0 unspecified atom stereocenters. The first-order valence-corrected chi connectivity index (χ1v) is 8.21. The van der Waals surface area contributed by atoms with Gasteiger partial charge in [-0.2, -0.15) is 0 Å². The Hall–Kier alpha value is -1.76. The smallest absolute Gasteiger partial charge is 0.337 e. The zero-order chi connectivity index (χ0) is 16.5. The van der Waals surface area contributed by atoms with Gasteiger partial charge in [0.1, 0.15) is 0 Å². The fraction of sp³-hybridized carbons (Fsp3) is 0.0714. The molecule has 0 aromatic heterocycles. The van der Waals surface area contributed by atoms with Crippen LogP contribution in [-0.4, -0.2) is 26.5 Å². The van der Waals surface area contributed by atoms with Crippen molar-refractivity contribution < 1.29 is 18.3 Å². The second kappa shape index (κ2) is 6.16. The Balaban J connectivity index is 2.54. The summed E-state index contributed by atoms with van der Waals surface area (Å²) in [4.78, 5) is 10.9. The van der Waals surface area contributed by atoms with Crippen LogP contribution >= 0.6 is 23.2 Å². The molecule has 0 fully saturated rings. The van der Waals surface area contributed by atoms with Gasteiger partial charge in [-0.05, 0) is 30.3 Å². The lowest BCUT2D eigenvalue weighted by molar-refractivity contribution is 0.0697. The van der Waals surface area contributed by atoms with Crippen molar-refractivity contribution in [3.8, 4) is 0 Å². The van der Waals surface area contributed by atoms with Gasteiger partial charge in [0, 0.05) is 7.05 Å². The summed E-state index contributed by atoms with van der Waals surface area (Å²) in [5.41, 5.74) is 0.00583. The molecule has 0 heterocycles. The predicted molar refractivity (Wildman–Crippen MR) is 85.5 cm³/mol. The minimum absolute atomic E-state index is 0.0353. The van der Waals surface area contributed by atoms with Crippen molar-refractivity contribution in [1.82, 2.24) is 0 Å². The number of sulfonamides is 1. The van der Waals surface area contributed by atoms with Gasteiger partial charge in [-0.25, -0.2) is 13.2 Å². The summed E-state index contributed by atoms with van der Waals surface area (Å²) < 4.78 is 26.2. The van der Waals surface area contributed by atoms with Gasteiger partial charge in [0.05, 0.1) is 26.2 Å². The summed E-state index contributed by atoms with van der Waals surface area (Å²) in [5, 5.41) is 9.27. The van der Waals surface area contributed by atoms with Gasteiger partial charge >= 0.3 is 5.97 Å². The molecule has 8 heteroatoms. The van der Waals surface area contributed by atoms with E-state index in [9.17, 15) is 13.2 Å². The third-order valence-corrected chi connectivity index (χ3v) is 5.43. The van der Waals surface area contributed by atoms with Crippen molar-refractivity contribution in [3.05, 3.63) is 58.1 Å². The molecule has 0 spiro atoms. The van der Waals surface area contributed by atoms with Crippen molar-refractivity contribution in [2.75, 3.05) is 11.4 Å². The van der Waals surface area contributed by atoms with Crippen LogP contribution in [0.2, 0.25) is 10.0 Å². The third kappa shape index (κ3) is 3.04. The van der Waals surface area contributed by atoms with Crippen LogP contribution in [0.5, 0.6) is 0 Å². The van der Waals surface area contributed by atoms with Gasteiger partial charge in [0.2, 0.25) is 0 Å². The van der Waals surface area contributed by atoms with Gasteiger partial charge in [0.25, 0.3) is 10.0 Å². The monoisotopic (exact) mass is 359 g/mol. The number of hydrogen-bond donors (Lipinski definition) is 1. The highest BCUT2D eigenvalue weighted by molar-refractivity contribution is 7.92. The van der Waals surface area contributed by atoms with Crippen molar-refractivity contribution >= 4 is 44.9 Å². The number of carbonyl (C=O) groups is 1. The van der Waals surface area contributed by atoms with Gasteiger partial charge in [0.15, 0.2) is 0 Å². The maximum Gasteiger partial charge on any atom is 0.337 e. The van der Waals surface area contributed by atoms with Crippen molar-refractivity contribution in [3.63, 3.8) is 0 Å². The van der Waals surface area contributed by atoms with Gasteiger partial charge in [-0.3, -0.25) is 4.31 Å². The van der Waals surface area contributed by atoms with Crippen LogP contribution in [0.4, 0.5) is 5.69 Å². The molecule has 0 radical (unpaired) electrons. The van der Waals surface area contributed by atoms with Crippen molar-refractivity contribution in [1.29, 1.82) is 0 Å². The molecule has 0 amide bonds. The molecule has 22 heavy (non-hydrogen) atoms. The molecule has 0 saturated carbocycles. The molecule has 0 bridgehead atoms. The van der Waals surface area contributed by atoms with Crippen molar-refractivity contribution in [2.24, 2.45) is 0 Å². The summed E-state index contributed by atoms with van der Waals surface area (Å²) >= 11 is 11.8. The lowest BCUT2D eigenvalue weighted by atomic mass is 10.2. The lowest BCUT2D eigenvalue weighted by Crippen LogP contribution is -2.27. The molecule has 116 valence electrons. The number of carboxylic acid groups (broad SMARTS) is 1. The fourth-order valence-corrected chi connectivity index (χ4v) is 3.58. The second-order valence-corrected chi connectivity index (χ2v) is 7.15. The minimum Gasteiger partial charge on any atom is -0.478 e. The van der Waals surface area contributed by atoms with E-state index in [1.807, 2.05) is 0 Å².